The SMILES string of the molecule is CC(C(F)(F)F)S(=O)(=O)NC1CCC(Oc2ncccc2Cl)CC1. The molecule has 0 saturated heterocycles. The molecular formula is C14H18ClF3N2O3S. The van der Waals surface area contributed by atoms with Gasteiger partial charge in [0.05, 0.1) is 0 Å². The van der Waals surface area contributed by atoms with E-state index in [0.29, 0.717) is 43.5 Å². The van der Waals surface area contributed by atoms with Gasteiger partial charge in [-0.2, -0.15) is 13.2 Å². The summed E-state index contributed by atoms with van der Waals surface area (Å²) in [6.45, 7) is 0.639. The van der Waals surface area contributed by atoms with E-state index in [0.717, 1.165) is 0 Å². The Hall–Kier alpha value is -1.06. The van der Waals surface area contributed by atoms with Gasteiger partial charge in [0.25, 0.3) is 0 Å². The molecule has 1 fully saturated rings. The highest BCUT2D eigenvalue weighted by molar-refractivity contribution is 7.90. The molecule has 0 spiro atoms. The van der Waals surface area contributed by atoms with Crippen molar-refractivity contribution in [1.29, 1.82) is 0 Å². The van der Waals surface area contributed by atoms with Gasteiger partial charge in [0, 0.05) is 12.2 Å². The van der Waals surface area contributed by atoms with E-state index in [1.807, 2.05) is 0 Å². The van der Waals surface area contributed by atoms with Gasteiger partial charge in [-0.1, -0.05) is 11.6 Å². The molecule has 5 nitrogen and oxygen atoms in total. The van der Waals surface area contributed by atoms with Crippen molar-refractivity contribution in [2.24, 2.45) is 0 Å². The van der Waals surface area contributed by atoms with Crippen molar-refractivity contribution in [2.45, 2.75) is 56.2 Å². The summed E-state index contributed by atoms with van der Waals surface area (Å²) in [5.74, 6) is 0.300. The lowest BCUT2D eigenvalue weighted by molar-refractivity contribution is -0.127. The third-order valence-electron chi connectivity index (χ3n) is 3.93. The van der Waals surface area contributed by atoms with Crippen LogP contribution in [0, 0.1) is 0 Å². The Morgan fingerprint density at radius 2 is 1.96 bits per heavy atom. The summed E-state index contributed by atoms with van der Waals surface area (Å²) in [5.41, 5.74) is 0. The van der Waals surface area contributed by atoms with Crippen LogP contribution in [0.15, 0.2) is 18.3 Å². The third kappa shape index (κ3) is 4.97. The number of ether oxygens (including phenoxy) is 1. The van der Waals surface area contributed by atoms with Crippen molar-refractivity contribution < 1.29 is 26.3 Å². The first-order chi connectivity index (χ1) is 11.1. The van der Waals surface area contributed by atoms with E-state index in [9.17, 15) is 21.6 Å². The maximum atomic E-state index is 12.6. The molecule has 1 aliphatic carbocycles. The number of hydrogen-bond acceptors (Lipinski definition) is 4. The molecule has 10 heteroatoms. The number of aromatic nitrogens is 1. The molecule has 1 unspecified atom stereocenters. The monoisotopic (exact) mass is 386 g/mol. The predicted molar refractivity (Wildman–Crippen MR) is 83.5 cm³/mol. The molecule has 1 aromatic heterocycles. The van der Waals surface area contributed by atoms with Gasteiger partial charge >= 0.3 is 6.18 Å². The second-order valence-corrected chi connectivity index (χ2v) is 8.17. The lowest BCUT2D eigenvalue weighted by Gasteiger charge is -2.30. The zero-order chi connectivity index (χ0) is 18.0. The summed E-state index contributed by atoms with van der Waals surface area (Å²) >= 11 is 5.95. The number of nitrogens with zero attached hydrogens (tertiary/aromatic N) is 1. The Morgan fingerprint density at radius 1 is 1.33 bits per heavy atom. The van der Waals surface area contributed by atoms with Crippen LogP contribution in [0.1, 0.15) is 32.6 Å². The normalized spacial score (nSPS) is 23.7. The van der Waals surface area contributed by atoms with E-state index in [1.165, 1.54) is 0 Å². The first-order valence-electron chi connectivity index (χ1n) is 7.44. The summed E-state index contributed by atoms with van der Waals surface area (Å²) in [6, 6.07) is 2.78. The second kappa shape index (κ2) is 7.45. The lowest BCUT2D eigenvalue weighted by atomic mass is 9.94. The van der Waals surface area contributed by atoms with Gasteiger partial charge in [-0.05, 0) is 44.7 Å². The fourth-order valence-corrected chi connectivity index (χ4v) is 3.85. The van der Waals surface area contributed by atoms with Crippen molar-refractivity contribution in [3.63, 3.8) is 0 Å². The average Bonchev–Trinajstić information content (AvgIpc) is 2.49. The van der Waals surface area contributed by atoms with Gasteiger partial charge in [-0.3, -0.25) is 0 Å². The van der Waals surface area contributed by atoms with Crippen LogP contribution in [0.2, 0.25) is 5.02 Å². The molecule has 1 aliphatic rings. The lowest BCUT2D eigenvalue weighted by Crippen LogP contribution is -2.47. The van der Waals surface area contributed by atoms with Crippen molar-refractivity contribution >= 4 is 21.6 Å². The Labute approximate surface area is 143 Å². The quantitative estimate of drug-likeness (QED) is 0.843. The molecule has 1 atom stereocenters. The topological polar surface area (TPSA) is 68.3 Å². The Bertz CT molecular complexity index is 661. The zero-order valence-electron chi connectivity index (χ0n) is 12.9. The van der Waals surface area contributed by atoms with Crippen molar-refractivity contribution in [3.05, 3.63) is 23.4 Å². The number of rotatable bonds is 5. The van der Waals surface area contributed by atoms with Crippen LogP contribution in [0.5, 0.6) is 5.88 Å². The molecule has 1 heterocycles. The third-order valence-corrected chi connectivity index (χ3v) is 6.08. The van der Waals surface area contributed by atoms with E-state index in [1.54, 1.807) is 18.3 Å². The molecule has 1 aromatic rings. The maximum Gasteiger partial charge on any atom is 0.406 e. The number of hydrogen-bond donors (Lipinski definition) is 1. The number of alkyl halides is 3. The van der Waals surface area contributed by atoms with Crippen molar-refractivity contribution in [2.75, 3.05) is 0 Å². The van der Waals surface area contributed by atoms with Crippen LogP contribution in [0.25, 0.3) is 0 Å². The van der Waals surface area contributed by atoms with Gasteiger partial charge in [0.1, 0.15) is 11.1 Å². The molecule has 0 radical (unpaired) electrons. The minimum atomic E-state index is -4.79. The Morgan fingerprint density at radius 3 is 2.50 bits per heavy atom. The molecule has 0 aromatic carbocycles. The molecule has 136 valence electrons. The number of nitrogens with one attached hydrogen (secondary N) is 1. The van der Waals surface area contributed by atoms with Crippen molar-refractivity contribution in [1.82, 2.24) is 9.71 Å². The number of halogens is 4. The summed E-state index contributed by atoms with van der Waals surface area (Å²) in [6.07, 6.45) is -1.67. The van der Waals surface area contributed by atoms with Gasteiger partial charge in [0.15, 0.2) is 5.25 Å². The van der Waals surface area contributed by atoms with E-state index in [-0.39, 0.29) is 6.10 Å². The number of sulfonamides is 1. The molecule has 1 N–H and O–H groups in total. The van der Waals surface area contributed by atoms with Gasteiger partial charge < -0.3 is 4.74 Å². The molecule has 2 rings (SSSR count). The van der Waals surface area contributed by atoms with E-state index >= 15 is 0 Å². The van der Waals surface area contributed by atoms with E-state index in [2.05, 4.69) is 9.71 Å². The van der Waals surface area contributed by atoms with Crippen LogP contribution in [0.4, 0.5) is 13.2 Å². The van der Waals surface area contributed by atoms with Gasteiger partial charge in [0.2, 0.25) is 15.9 Å². The fraction of sp³-hybridized carbons (Fsp3) is 0.643. The smallest absolute Gasteiger partial charge is 0.406 e. The highest BCUT2D eigenvalue weighted by Crippen LogP contribution is 2.29. The van der Waals surface area contributed by atoms with Crippen LogP contribution >= 0.6 is 11.6 Å². The maximum absolute atomic E-state index is 12.6. The molecule has 0 amide bonds. The van der Waals surface area contributed by atoms with Crippen LogP contribution < -0.4 is 9.46 Å². The van der Waals surface area contributed by atoms with Crippen LogP contribution in [0.3, 0.4) is 0 Å². The summed E-state index contributed by atoms with van der Waals surface area (Å²) in [5, 5.41) is -2.06. The highest BCUT2D eigenvalue weighted by Gasteiger charge is 2.45. The first kappa shape index (κ1) is 19.3. The summed E-state index contributed by atoms with van der Waals surface area (Å²) in [4.78, 5) is 4.01. The molecule has 1 saturated carbocycles. The number of pyridine rings is 1. The van der Waals surface area contributed by atoms with Gasteiger partial charge in [-0.25, -0.2) is 18.1 Å². The molecular weight excluding hydrogens is 369 g/mol. The molecule has 24 heavy (non-hydrogen) atoms. The van der Waals surface area contributed by atoms with E-state index in [4.69, 9.17) is 16.3 Å². The Balaban J connectivity index is 1.88. The van der Waals surface area contributed by atoms with Crippen molar-refractivity contribution in [3.8, 4) is 5.88 Å². The van der Waals surface area contributed by atoms with E-state index < -0.39 is 27.5 Å². The van der Waals surface area contributed by atoms with Crippen LogP contribution in [-0.2, 0) is 10.0 Å². The van der Waals surface area contributed by atoms with Crippen LogP contribution in [-0.4, -0.2) is 37.0 Å². The zero-order valence-corrected chi connectivity index (χ0v) is 14.5. The minimum Gasteiger partial charge on any atom is -0.473 e. The second-order valence-electron chi connectivity index (χ2n) is 5.73. The summed E-state index contributed by atoms with van der Waals surface area (Å²) in [7, 11) is -4.45. The average molecular weight is 387 g/mol. The predicted octanol–water partition coefficient (Wildman–Crippen LogP) is 3.30. The minimum absolute atomic E-state index is 0.196. The fourth-order valence-electron chi connectivity index (χ4n) is 2.42. The highest BCUT2D eigenvalue weighted by atomic mass is 35.5. The summed E-state index contributed by atoms with van der Waals surface area (Å²) < 4.78 is 69.1. The molecule has 0 aliphatic heterocycles. The Kier molecular flexibility index (Phi) is 5.98. The first-order valence-corrected chi connectivity index (χ1v) is 9.37. The van der Waals surface area contributed by atoms with Gasteiger partial charge in [-0.15, -0.1) is 0 Å². The standard InChI is InChI=1S/C14H18ClF3N2O3S/c1-9(14(16,17)18)24(21,22)20-10-4-6-11(7-5-10)23-13-12(15)3-2-8-19-13/h2-3,8-11,20H,4-7H2,1H3. The largest absolute Gasteiger partial charge is 0.473 e. The molecule has 0 bridgehead atoms.